The minimum atomic E-state index is 0.683. The third-order valence-corrected chi connectivity index (χ3v) is 2.18. The smallest absolute Gasteiger partial charge is 0.183 e. The zero-order valence-corrected chi connectivity index (χ0v) is 8.23. The number of aromatic nitrogens is 3. The quantitative estimate of drug-likeness (QED) is 0.688. The summed E-state index contributed by atoms with van der Waals surface area (Å²) in [4.78, 5) is 4.31. The van der Waals surface area contributed by atoms with Crippen LogP contribution in [0.1, 0.15) is 5.82 Å². The van der Waals surface area contributed by atoms with Crippen LogP contribution in [0.25, 0.3) is 11.4 Å². The number of anilines is 1. The van der Waals surface area contributed by atoms with E-state index in [1.807, 2.05) is 38.2 Å². The van der Waals surface area contributed by atoms with Crippen molar-refractivity contribution < 1.29 is 0 Å². The summed E-state index contributed by atoms with van der Waals surface area (Å²) in [5.74, 6) is 1.56. The molecule has 2 rings (SSSR count). The molecule has 0 spiro atoms. The van der Waals surface area contributed by atoms with Gasteiger partial charge in [-0.15, -0.1) is 0 Å². The largest absolute Gasteiger partial charge is 0.398 e. The molecule has 0 saturated carbocycles. The van der Waals surface area contributed by atoms with Crippen LogP contribution in [0, 0.1) is 6.92 Å². The Morgan fingerprint density at radius 3 is 2.57 bits per heavy atom. The Labute approximate surface area is 82.4 Å². The maximum Gasteiger partial charge on any atom is 0.183 e. The molecular formula is C10H12N4. The highest BCUT2D eigenvalue weighted by Gasteiger charge is 2.07. The van der Waals surface area contributed by atoms with E-state index in [1.165, 1.54) is 0 Å². The number of hydrogen-bond acceptors (Lipinski definition) is 3. The molecule has 0 bridgehead atoms. The molecule has 0 aliphatic carbocycles. The summed E-state index contributed by atoms with van der Waals surface area (Å²) in [7, 11) is 1.87. The molecule has 0 amide bonds. The van der Waals surface area contributed by atoms with Crippen molar-refractivity contribution >= 4 is 5.69 Å². The lowest BCUT2D eigenvalue weighted by Crippen LogP contribution is -1.93. The van der Waals surface area contributed by atoms with Crippen molar-refractivity contribution in [3.8, 4) is 11.4 Å². The molecule has 0 fully saturated rings. The lowest BCUT2D eigenvalue weighted by Gasteiger charge is -1.98. The van der Waals surface area contributed by atoms with Crippen LogP contribution in [0.2, 0.25) is 0 Å². The van der Waals surface area contributed by atoms with Crippen LogP contribution in [-0.4, -0.2) is 14.8 Å². The van der Waals surface area contributed by atoms with Gasteiger partial charge in [0, 0.05) is 18.3 Å². The van der Waals surface area contributed by atoms with E-state index in [9.17, 15) is 0 Å². The van der Waals surface area contributed by atoms with Crippen molar-refractivity contribution in [1.29, 1.82) is 0 Å². The Balaban J connectivity index is 2.55. The Hall–Kier alpha value is -1.84. The average molecular weight is 188 g/mol. The van der Waals surface area contributed by atoms with Crippen molar-refractivity contribution in [3.63, 3.8) is 0 Å². The van der Waals surface area contributed by atoms with Gasteiger partial charge in [0.2, 0.25) is 0 Å². The third-order valence-electron chi connectivity index (χ3n) is 2.18. The van der Waals surface area contributed by atoms with Crippen LogP contribution in [-0.2, 0) is 7.05 Å². The summed E-state index contributed by atoms with van der Waals surface area (Å²) in [6.45, 7) is 1.91. The number of benzene rings is 1. The van der Waals surface area contributed by atoms with E-state index in [2.05, 4.69) is 10.1 Å². The molecule has 72 valence electrons. The zero-order valence-electron chi connectivity index (χ0n) is 8.23. The summed E-state index contributed by atoms with van der Waals surface area (Å²) in [5, 5.41) is 4.27. The first-order chi connectivity index (χ1) is 6.68. The number of rotatable bonds is 1. The highest BCUT2D eigenvalue weighted by atomic mass is 15.3. The van der Waals surface area contributed by atoms with Gasteiger partial charge in [-0.2, -0.15) is 5.10 Å². The van der Waals surface area contributed by atoms with Crippen molar-refractivity contribution in [2.24, 2.45) is 7.05 Å². The van der Waals surface area contributed by atoms with E-state index in [1.54, 1.807) is 4.68 Å². The number of aryl methyl sites for hydroxylation is 2. The maximum absolute atomic E-state index is 5.82. The molecule has 0 aliphatic heterocycles. The van der Waals surface area contributed by atoms with E-state index < -0.39 is 0 Å². The second-order valence-electron chi connectivity index (χ2n) is 3.19. The molecule has 1 heterocycles. The van der Waals surface area contributed by atoms with Gasteiger partial charge in [-0.1, -0.05) is 12.1 Å². The van der Waals surface area contributed by atoms with Gasteiger partial charge in [0.25, 0.3) is 0 Å². The summed E-state index contributed by atoms with van der Waals surface area (Å²) in [6.07, 6.45) is 0. The van der Waals surface area contributed by atoms with E-state index >= 15 is 0 Å². The molecule has 2 N–H and O–H groups in total. The third kappa shape index (κ3) is 1.35. The summed E-state index contributed by atoms with van der Waals surface area (Å²) in [5.41, 5.74) is 7.41. The minimum Gasteiger partial charge on any atom is -0.398 e. The Bertz CT molecular complexity index is 439. The Morgan fingerprint density at radius 1 is 1.29 bits per heavy atom. The molecule has 14 heavy (non-hydrogen) atoms. The van der Waals surface area contributed by atoms with Gasteiger partial charge in [-0.05, 0) is 19.1 Å². The van der Waals surface area contributed by atoms with Crippen molar-refractivity contribution in [2.75, 3.05) is 5.73 Å². The van der Waals surface area contributed by atoms with Crippen molar-refractivity contribution in [3.05, 3.63) is 30.1 Å². The summed E-state index contributed by atoms with van der Waals surface area (Å²) < 4.78 is 1.74. The van der Waals surface area contributed by atoms with Gasteiger partial charge in [0.1, 0.15) is 5.82 Å². The number of para-hydroxylation sites is 1. The monoisotopic (exact) mass is 188 g/mol. The van der Waals surface area contributed by atoms with E-state index in [-0.39, 0.29) is 0 Å². The van der Waals surface area contributed by atoms with Gasteiger partial charge in [0.05, 0.1) is 0 Å². The fraction of sp³-hybridized carbons (Fsp3) is 0.200. The fourth-order valence-electron chi connectivity index (χ4n) is 1.28. The molecule has 0 saturated heterocycles. The lowest BCUT2D eigenvalue weighted by atomic mass is 10.2. The lowest BCUT2D eigenvalue weighted by molar-refractivity contribution is 0.736. The number of nitrogens with two attached hydrogens (primary N) is 1. The molecule has 0 unspecified atom stereocenters. The van der Waals surface area contributed by atoms with Crippen molar-refractivity contribution in [2.45, 2.75) is 6.92 Å². The van der Waals surface area contributed by atoms with Gasteiger partial charge in [-0.3, -0.25) is 4.68 Å². The molecular weight excluding hydrogens is 176 g/mol. The highest BCUT2D eigenvalue weighted by molar-refractivity contribution is 5.70. The summed E-state index contributed by atoms with van der Waals surface area (Å²) in [6, 6.07) is 7.59. The van der Waals surface area contributed by atoms with E-state index in [0.29, 0.717) is 11.5 Å². The molecule has 4 nitrogen and oxygen atoms in total. The second kappa shape index (κ2) is 3.14. The Morgan fingerprint density at radius 2 is 2.00 bits per heavy atom. The first kappa shape index (κ1) is 8.74. The maximum atomic E-state index is 5.82. The normalized spacial score (nSPS) is 10.4. The van der Waals surface area contributed by atoms with Crippen LogP contribution < -0.4 is 5.73 Å². The van der Waals surface area contributed by atoms with Gasteiger partial charge < -0.3 is 5.73 Å². The van der Waals surface area contributed by atoms with E-state index in [0.717, 1.165) is 11.4 Å². The number of nitrogens with zero attached hydrogens (tertiary/aromatic N) is 3. The second-order valence-corrected chi connectivity index (χ2v) is 3.19. The molecule has 4 heteroatoms. The first-order valence-electron chi connectivity index (χ1n) is 4.41. The zero-order chi connectivity index (χ0) is 10.1. The van der Waals surface area contributed by atoms with E-state index in [4.69, 9.17) is 5.73 Å². The fourth-order valence-corrected chi connectivity index (χ4v) is 1.28. The highest BCUT2D eigenvalue weighted by Crippen LogP contribution is 2.21. The molecule has 0 atom stereocenters. The first-order valence-corrected chi connectivity index (χ1v) is 4.41. The standard InChI is InChI=1S/C10H12N4/c1-7-12-10(13-14(7)2)8-5-3-4-6-9(8)11/h3-6H,11H2,1-2H3. The number of hydrogen-bond donors (Lipinski definition) is 1. The number of nitrogen functional groups attached to an aromatic ring is 1. The van der Waals surface area contributed by atoms with Gasteiger partial charge >= 0.3 is 0 Å². The SMILES string of the molecule is Cc1nc(-c2ccccc2N)nn1C. The molecule has 0 aliphatic rings. The van der Waals surface area contributed by atoms with Crippen LogP contribution in [0.3, 0.4) is 0 Å². The summed E-state index contributed by atoms with van der Waals surface area (Å²) >= 11 is 0. The van der Waals surface area contributed by atoms with Crippen LogP contribution in [0.5, 0.6) is 0 Å². The predicted octanol–water partition coefficient (Wildman–Crippen LogP) is 1.37. The molecule has 2 aromatic rings. The predicted molar refractivity (Wildman–Crippen MR) is 55.6 cm³/mol. The molecule has 1 aromatic heterocycles. The van der Waals surface area contributed by atoms with Crippen LogP contribution >= 0.6 is 0 Å². The molecule has 1 aromatic carbocycles. The average Bonchev–Trinajstić information content (AvgIpc) is 2.48. The molecule has 0 radical (unpaired) electrons. The van der Waals surface area contributed by atoms with Gasteiger partial charge in [0.15, 0.2) is 5.82 Å². The van der Waals surface area contributed by atoms with Gasteiger partial charge in [-0.25, -0.2) is 4.98 Å². The Kier molecular flexibility index (Phi) is 1.96. The van der Waals surface area contributed by atoms with Crippen molar-refractivity contribution in [1.82, 2.24) is 14.8 Å². The van der Waals surface area contributed by atoms with Crippen LogP contribution in [0.15, 0.2) is 24.3 Å². The minimum absolute atomic E-state index is 0.683. The topological polar surface area (TPSA) is 56.7 Å². The van der Waals surface area contributed by atoms with Crippen LogP contribution in [0.4, 0.5) is 5.69 Å².